The Bertz CT molecular complexity index is 618. The standard InChI is InChI=1S/C11H11N3O3S/c1-13-9(18-2)12-14(10(13)15)11(16)17-8-6-4-3-5-7-8/h3-7H,1-2H3. The third-order valence-electron chi connectivity index (χ3n) is 2.24. The zero-order chi connectivity index (χ0) is 13.1. The fraction of sp³-hybridized carbons (Fsp3) is 0.182. The Morgan fingerprint density at radius 3 is 2.56 bits per heavy atom. The van der Waals surface area contributed by atoms with Gasteiger partial charge in [-0.3, -0.25) is 4.57 Å². The number of thioether (sulfide) groups is 1. The van der Waals surface area contributed by atoms with Crippen LogP contribution in [0.15, 0.2) is 40.3 Å². The van der Waals surface area contributed by atoms with Gasteiger partial charge in [-0.2, -0.15) is 0 Å². The van der Waals surface area contributed by atoms with Crippen LogP contribution in [0.5, 0.6) is 5.75 Å². The molecular weight excluding hydrogens is 254 g/mol. The number of nitrogens with zero attached hydrogens (tertiary/aromatic N) is 3. The van der Waals surface area contributed by atoms with Crippen LogP contribution in [0.4, 0.5) is 4.79 Å². The zero-order valence-corrected chi connectivity index (χ0v) is 10.7. The summed E-state index contributed by atoms with van der Waals surface area (Å²) >= 11 is 1.28. The third-order valence-corrected chi connectivity index (χ3v) is 2.97. The topological polar surface area (TPSA) is 66.1 Å². The molecule has 0 aliphatic heterocycles. The smallest absolute Gasteiger partial charge is 0.409 e. The maximum absolute atomic E-state index is 11.8. The molecular formula is C11H11N3O3S. The lowest BCUT2D eigenvalue weighted by Crippen LogP contribution is -2.31. The van der Waals surface area contributed by atoms with Gasteiger partial charge < -0.3 is 4.74 Å². The van der Waals surface area contributed by atoms with Crippen LogP contribution < -0.4 is 10.4 Å². The average Bonchev–Trinajstić information content (AvgIpc) is 2.67. The number of hydrogen-bond acceptors (Lipinski definition) is 5. The number of ether oxygens (including phenoxy) is 1. The maximum atomic E-state index is 11.8. The van der Waals surface area contributed by atoms with E-state index in [9.17, 15) is 9.59 Å². The first-order valence-corrected chi connectivity index (χ1v) is 6.33. The van der Waals surface area contributed by atoms with Gasteiger partial charge in [0.1, 0.15) is 5.75 Å². The van der Waals surface area contributed by atoms with E-state index >= 15 is 0 Å². The molecule has 0 aliphatic rings. The molecule has 0 radical (unpaired) electrons. The van der Waals surface area contributed by atoms with Crippen LogP contribution in [0.2, 0.25) is 0 Å². The van der Waals surface area contributed by atoms with E-state index in [-0.39, 0.29) is 0 Å². The van der Waals surface area contributed by atoms with E-state index in [1.165, 1.54) is 16.3 Å². The van der Waals surface area contributed by atoms with Crippen molar-refractivity contribution in [1.29, 1.82) is 0 Å². The van der Waals surface area contributed by atoms with Gasteiger partial charge in [-0.1, -0.05) is 30.0 Å². The molecule has 1 aromatic heterocycles. The summed E-state index contributed by atoms with van der Waals surface area (Å²) in [6.07, 6.45) is 0.955. The number of carbonyl (C=O) groups excluding carboxylic acids is 1. The molecule has 2 aromatic rings. The molecule has 0 bridgehead atoms. The van der Waals surface area contributed by atoms with Gasteiger partial charge in [-0.05, 0) is 18.4 Å². The second kappa shape index (κ2) is 5.09. The molecule has 2 rings (SSSR count). The largest absolute Gasteiger partial charge is 0.444 e. The Morgan fingerprint density at radius 1 is 1.33 bits per heavy atom. The van der Waals surface area contributed by atoms with Gasteiger partial charge in [-0.25, -0.2) is 9.59 Å². The lowest BCUT2D eigenvalue weighted by Gasteiger charge is -2.01. The minimum Gasteiger partial charge on any atom is -0.409 e. The highest BCUT2D eigenvalue weighted by molar-refractivity contribution is 7.98. The van der Waals surface area contributed by atoms with Crippen LogP contribution in [0.1, 0.15) is 0 Å². The fourth-order valence-corrected chi connectivity index (χ4v) is 1.86. The molecule has 0 N–H and O–H groups in total. The molecule has 6 nitrogen and oxygen atoms in total. The normalized spacial score (nSPS) is 10.3. The molecule has 0 aliphatic carbocycles. The summed E-state index contributed by atoms with van der Waals surface area (Å²) in [4.78, 5) is 23.5. The molecule has 0 atom stereocenters. The van der Waals surface area contributed by atoms with Gasteiger partial charge in [-0.15, -0.1) is 9.78 Å². The van der Waals surface area contributed by atoms with Gasteiger partial charge in [0.15, 0.2) is 5.16 Å². The summed E-state index contributed by atoms with van der Waals surface area (Å²) in [5.74, 6) is 0.366. The summed E-state index contributed by atoms with van der Waals surface area (Å²) in [7, 11) is 1.55. The molecule has 0 unspecified atom stereocenters. The zero-order valence-electron chi connectivity index (χ0n) is 9.86. The van der Waals surface area contributed by atoms with Crippen molar-refractivity contribution in [3.05, 3.63) is 40.8 Å². The SMILES string of the molecule is CSc1nn(C(=O)Oc2ccccc2)c(=O)n1C. The van der Waals surface area contributed by atoms with Crippen LogP contribution in [0.25, 0.3) is 0 Å². The van der Waals surface area contributed by atoms with Gasteiger partial charge in [0, 0.05) is 7.05 Å². The molecule has 0 fully saturated rings. The molecule has 18 heavy (non-hydrogen) atoms. The summed E-state index contributed by atoms with van der Waals surface area (Å²) in [5.41, 5.74) is -0.528. The highest BCUT2D eigenvalue weighted by Gasteiger charge is 2.17. The first-order valence-electron chi connectivity index (χ1n) is 5.10. The minimum atomic E-state index is -0.817. The van der Waals surface area contributed by atoms with Gasteiger partial charge in [0.2, 0.25) is 0 Å². The van der Waals surface area contributed by atoms with Crippen LogP contribution in [-0.2, 0) is 7.05 Å². The quantitative estimate of drug-likeness (QED) is 0.767. The third kappa shape index (κ3) is 2.30. The van der Waals surface area contributed by atoms with E-state index in [4.69, 9.17) is 4.74 Å². The first kappa shape index (κ1) is 12.4. The van der Waals surface area contributed by atoms with Crippen molar-refractivity contribution in [2.45, 2.75) is 5.16 Å². The predicted molar refractivity (Wildman–Crippen MR) is 67.1 cm³/mol. The maximum Gasteiger partial charge on any atom is 0.444 e. The minimum absolute atomic E-state index is 0.366. The number of aromatic nitrogens is 3. The van der Waals surface area contributed by atoms with Crippen LogP contribution >= 0.6 is 11.8 Å². The van der Waals surface area contributed by atoms with Crippen molar-refractivity contribution in [2.24, 2.45) is 7.05 Å². The van der Waals surface area contributed by atoms with E-state index in [0.29, 0.717) is 15.6 Å². The van der Waals surface area contributed by atoms with Crippen molar-refractivity contribution < 1.29 is 9.53 Å². The Morgan fingerprint density at radius 2 is 2.00 bits per heavy atom. The number of benzene rings is 1. The Labute approximate surface area is 107 Å². The van der Waals surface area contributed by atoms with E-state index in [1.54, 1.807) is 43.6 Å². The van der Waals surface area contributed by atoms with E-state index in [1.807, 2.05) is 0 Å². The highest BCUT2D eigenvalue weighted by atomic mass is 32.2. The molecule has 1 aromatic carbocycles. The fourth-order valence-electron chi connectivity index (χ4n) is 1.35. The van der Waals surface area contributed by atoms with E-state index in [0.717, 1.165) is 0 Å². The van der Waals surface area contributed by atoms with Crippen LogP contribution in [0.3, 0.4) is 0 Å². The van der Waals surface area contributed by atoms with Gasteiger partial charge in [0.25, 0.3) is 0 Å². The van der Waals surface area contributed by atoms with Crippen molar-refractivity contribution in [2.75, 3.05) is 6.26 Å². The lowest BCUT2D eigenvalue weighted by atomic mass is 10.3. The summed E-state index contributed by atoms with van der Waals surface area (Å²) in [6.45, 7) is 0. The Balaban J connectivity index is 2.27. The Kier molecular flexibility index (Phi) is 3.52. The molecule has 94 valence electrons. The molecule has 7 heteroatoms. The van der Waals surface area contributed by atoms with Crippen molar-refractivity contribution in [3.63, 3.8) is 0 Å². The van der Waals surface area contributed by atoms with E-state index < -0.39 is 11.8 Å². The van der Waals surface area contributed by atoms with Crippen molar-refractivity contribution in [1.82, 2.24) is 14.3 Å². The summed E-state index contributed by atoms with van der Waals surface area (Å²) < 4.78 is 7.03. The van der Waals surface area contributed by atoms with Crippen LogP contribution in [0, 0.1) is 0 Å². The molecule has 0 spiro atoms. The second-order valence-corrected chi connectivity index (χ2v) is 4.19. The average molecular weight is 265 g/mol. The molecule has 0 amide bonds. The molecule has 0 saturated heterocycles. The predicted octanol–water partition coefficient (Wildman–Crippen LogP) is 1.35. The number of hydrogen-bond donors (Lipinski definition) is 0. The van der Waals surface area contributed by atoms with Crippen molar-refractivity contribution >= 4 is 17.9 Å². The number of para-hydroxylation sites is 1. The first-order chi connectivity index (χ1) is 8.63. The molecule has 1 heterocycles. The molecule has 0 saturated carbocycles. The Hall–Kier alpha value is -2.02. The lowest BCUT2D eigenvalue weighted by molar-refractivity contribution is 0.197. The summed E-state index contributed by atoms with van der Waals surface area (Å²) in [6, 6.07) is 8.52. The highest BCUT2D eigenvalue weighted by Crippen LogP contribution is 2.10. The van der Waals surface area contributed by atoms with E-state index in [2.05, 4.69) is 5.10 Å². The monoisotopic (exact) mass is 265 g/mol. The van der Waals surface area contributed by atoms with Gasteiger partial charge in [0.05, 0.1) is 0 Å². The summed E-state index contributed by atoms with van der Waals surface area (Å²) in [5, 5.41) is 4.33. The van der Waals surface area contributed by atoms with Crippen LogP contribution in [-0.4, -0.2) is 26.7 Å². The van der Waals surface area contributed by atoms with Gasteiger partial charge >= 0.3 is 11.8 Å². The second-order valence-electron chi connectivity index (χ2n) is 3.42. The van der Waals surface area contributed by atoms with Crippen molar-refractivity contribution in [3.8, 4) is 5.75 Å². The number of carbonyl (C=O) groups is 1. The number of rotatable bonds is 2.